The molecule has 0 spiro atoms. The fourth-order valence-corrected chi connectivity index (χ4v) is 3.14. The molecule has 1 aromatic carbocycles. The molecule has 9 nitrogen and oxygen atoms in total. The number of hydrogen-bond donors (Lipinski definition) is 1. The van der Waals surface area contributed by atoms with Crippen molar-refractivity contribution in [1.29, 1.82) is 0 Å². The summed E-state index contributed by atoms with van der Waals surface area (Å²) in [5, 5.41) is 8.18. The summed E-state index contributed by atoms with van der Waals surface area (Å²) in [6.45, 7) is 0. The zero-order valence-corrected chi connectivity index (χ0v) is 16.8. The molecule has 0 aliphatic carbocycles. The zero-order chi connectivity index (χ0) is 23.0. The van der Waals surface area contributed by atoms with E-state index in [-0.39, 0.29) is 17.2 Å². The van der Waals surface area contributed by atoms with Crippen LogP contribution < -0.4 is 16.0 Å². The second-order valence-corrected chi connectivity index (χ2v) is 6.71. The zero-order valence-electron chi connectivity index (χ0n) is 16.8. The third-order valence-electron chi connectivity index (χ3n) is 4.58. The number of methoxy groups -OCH3 is 1. The Morgan fingerprint density at radius 1 is 1.09 bits per heavy atom. The molecule has 0 saturated carbocycles. The van der Waals surface area contributed by atoms with Crippen molar-refractivity contribution >= 4 is 5.82 Å². The van der Waals surface area contributed by atoms with Crippen molar-refractivity contribution in [3.63, 3.8) is 0 Å². The van der Waals surface area contributed by atoms with E-state index < -0.39 is 28.7 Å². The predicted molar refractivity (Wildman–Crippen MR) is 109 cm³/mol. The van der Waals surface area contributed by atoms with Crippen molar-refractivity contribution in [3.8, 4) is 34.1 Å². The van der Waals surface area contributed by atoms with Crippen LogP contribution in [0.4, 0.5) is 19.0 Å². The minimum atomic E-state index is -4.79. The van der Waals surface area contributed by atoms with Gasteiger partial charge in [0.15, 0.2) is 5.82 Å². The number of nitrogens with two attached hydrogens (primary N) is 1. The van der Waals surface area contributed by atoms with Crippen LogP contribution in [0.15, 0.2) is 53.7 Å². The van der Waals surface area contributed by atoms with E-state index in [2.05, 4.69) is 20.2 Å². The average Bonchev–Trinajstić information content (AvgIpc) is 3.19. The van der Waals surface area contributed by atoms with Crippen LogP contribution in [0, 0.1) is 0 Å². The Balaban J connectivity index is 1.90. The SMILES string of the molecule is COc1cccc(-n2nc(-c3nc(-c4cnn(C)c4)cnc3N)ccc2=O)c1C(F)(F)F. The number of aromatic nitrogens is 6. The highest BCUT2D eigenvalue weighted by molar-refractivity contribution is 5.70. The lowest BCUT2D eigenvalue weighted by atomic mass is 10.1. The smallest absolute Gasteiger partial charge is 0.422 e. The van der Waals surface area contributed by atoms with Gasteiger partial charge in [0, 0.05) is 24.9 Å². The van der Waals surface area contributed by atoms with E-state index in [4.69, 9.17) is 10.5 Å². The van der Waals surface area contributed by atoms with E-state index in [1.807, 2.05) is 0 Å². The number of nitrogens with zero attached hydrogens (tertiary/aromatic N) is 6. The van der Waals surface area contributed by atoms with Gasteiger partial charge in [0.05, 0.1) is 30.9 Å². The lowest BCUT2D eigenvalue weighted by Crippen LogP contribution is -2.24. The first-order chi connectivity index (χ1) is 15.2. The molecule has 0 radical (unpaired) electrons. The highest BCUT2D eigenvalue weighted by Crippen LogP contribution is 2.39. The molecule has 0 atom stereocenters. The minimum absolute atomic E-state index is 0.00275. The number of benzene rings is 1. The number of ether oxygens (including phenoxy) is 1. The van der Waals surface area contributed by atoms with Crippen molar-refractivity contribution in [2.45, 2.75) is 6.18 Å². The molecule has 0 amide bonds. The molecule has 32 heavy (non-hydrogen) atoms. The molecule has 2 N–H and O–H groups in total. The maximum absolute atomic E-state index is 13.8. The summed E-state index contributed by atoms with van der Waals surface area (Å²) in [6, 6.07) is 6.02. The van der Waals surface area contributed by atoms with E-state index in [1.165, 1.54) is 18.3 Å². The van der Waals surface area contributed by atoms with E-state index in [0.717, 1.165) is 25.3 Å². The lowest BCUT2D eigenvalue weighted by Gasteiger charge is -2.17. The Labute approximate surface area is 178 Å². The van der Waals surface area contributed by atoms with Crippen LogP contribution in [0.2, 0.25) is 0 Å². The van der Waals surface area contributed by atoms with Gasteiger partial charge in [0.25, 0.3) is 5.56 Å². The van der Waals surface area contributed by atoms with Gasteiger partial charge < -0.3 is 10.5 Å². The first kappa shape index (κ1) is 21.0. The Hall–Kier alpha value is -4.22. The van der Waals surface area contributed by atoms with Crippen molar-refractivity contribution in [2.24, 2.45) is 7.05 Å². The van der Waals surface area contributed by atoms with Crippen molar-refractivity contribution < 1.29 is 17.9 Å². The van der Waals surface area contributed by atoms with Gasteiger partial charge in [-0.05, 0) is 18.2 Å². The van der Waals surface area contributed by atoms with Crippen LogP contribution in [0.25, 0.3) is 28.3 Å². The molecule has 0 saturated heterocycles. The van der Waals surface area contributed by atoms with Gasteiger partial charge in [-0.1, -0.05) is 6.07 Å². The van der Waals surface area contributed by atoms with Crippen molar-refractivity contribution in [3.05, 3.63) is 64.8 Å². The summed E-state index contributed by atoms with van der Waals surface area (Å²) < 4.78 is 48.4. The summed E-state index contributed by atoms with van der Waals surface area (Å²) in [6.07, 6.45) is -0.0673. The normalized spacial score (nSPS) is 11.5. The summed E-state index contributed by atoms with van der Waals surface area (Å²) >= 11 is 0. The first-order valence-corrected chi connectivity index (χ1v) is 9.16. The molecule has 0 aliphatic rings. The molecule has 0 aliphatic heterocycles. The van der Waals surface area contributed by atoms with E-state index in [9.17, 15) is 18.0 Å². The fraction of sp³-hybridized carbons (Fsp3) is 0.150. The number of rotatable bonds is 4. The molecule has 3 aromatic heterocycles. The number of halogens is 3. The number of hydrogen-bond acceptors (Lipinski definition) is 7. The molecule has 164 valence electrons. The number of nitrogen functional groups attached to an aromatic ring is 1. The second kappa shape index (κ2) is 7.80. The van der Waals surface area contributed by atoms with E-state index >= 15 is 0 Å². The van der Waals surface area contributed by atoms with E-state index in [0.29, 0.717) is 15.9 Å². The Morgan fingerprint density at radius 2 is 1.88 bits per heavy atom. The summed E-state index contributed by atoms with van der Waals surface area (Å²) in [5.74, 6) is -0.441. The van der Waals surface area contributed by atoms with Crippen molar-refractivity contribution in [1.82, 2.24) is 29.5 Å². The van der Waals surface area contributed by atoms with Crippen LogP contribution in [-0.2, 0) is 13.2 Å². The van der Waals surface area contributed by atoms with Crippen LogP contribution in [-0.4, -0.2) is 36.6 Å². The van der Waals surface area contributed by atoms with Gasteiger partial charge in [-0.25, -0.2) is 9.97 Å². The standard InChI is InChI=1S/C20H16F3N7O2/c1-29-10-11(8-26-29)13-9-25-19(24)18(27-13)12-6-7-16(31)30(28-12)14-4-3-5-15(32-2)17(14)20(21,22)23/h3-10H,1-2H3,(H2,24,25). The quantitative estimate of drug-likeness (QED) is 0.516. The van der Waals surface area contributed by atoms with Crippen LogP contribution in [0.3, 0.4) is 0 Å². The third kappa shape index (κ3) is 3.77. The maximum atomic E-state index is 13.8. The highest BCUT2D eigenvalue weighted by atomic mass is 19.4. The molecule has 0 unspecified atom stereocenters. The first-order valence-electron chi connectivity index (χ1n) is 9.16. The van der Waals surface area contributed by atoms with Gasteiger partial charge in [-0.3, -0.25) is 9.48 Å². The van der Waals surface area contributed by atoms with E-state index in [1.54, 1.807) is 24.1 Å². The van der Waals surface area contributed by atoms with Gasteiger partial charge in [0.1, 0.15) is 22.7 Å². The van der Waals surface area contributed by atoms with Gasteiger partial charge in [-0.2, -0.15) is 28.1 Å². The fourth-order valence-electron chi connectivity index (χ4n) is 3.14. The average molecular weight is 443 g/mol. The second-order valence-electron chi connectivity index (χ2n) is 6.71. The number of anilines is 1. The topological polar surface area (TPSA) is 114 Å². The molecule has 0 bridgehead atoms. The summed E-state index contributed by atoms with van der Waals surface area (Å²) in [4.78, 5) is 21.0. The lowest BCUT2D eigenvalue weighted by molar-refractivity contribution is -0.138. The maximum Gasteiger partial charge on any atom is 0.422 e. The predicted octanol–water partition coefficient (Wildman–Crippen LogP) is 2.70. The van der Waals surface area contributed by atoms with Gasteiger partial charge in [0.2, 0.25) is 0 Å². The van der Waals surface area contributed by atoms with Gasteiger partial charge >= 0.3 is 6.18 Å². The van der Waals surface area contributed by atoms with Crippen molar-refractivity contribution in [2.75, 3.05) is 12.8 Å². The van der Waals surface area contributed by atoms with Crippen LogP contribution in [0.5, 0.6) is 5.75 Å². The molecule has 0 fully saturated rings. The highest BCUT2D eigenvalue weighted by Gasteiger charge is 2.38. The van der Waals surface area contributed by atoms with Crippen LogP contribution >= 0.6 is 0 Å². The molecular formula is C20H16F3N7O2. The minimum Gasteiger partial charge on any atom is -0.496 e. The summed E-state index contributed by atoms with van der Waals surface area (Å²) in [5.41, 5.74) is 4.82. The van der Waals surface area contributed by atoms with Crippen LogP contribution in [0.1, 0.15) is 5.56 Å². The van der Waals surface area contributed by atoms with Gasteiger partial charge in [-0.15, -0.1) is 0 Å². The Kier molecular flexibility index (Phi) is 5.12. The summed E-state index contributed by atoms with van der Waals surface area (Å²) in [7, 11) is 2.85. The molecule has 4 aromatic rings. The molecular weight excluding hydrogens is 427 g/mol. The Morgan fingerprint density at radius 3 is 2.53 bits per heavy atom. The largest absolute Gasteiger partial charge is 0.496 e. The molecule has 3 heterocycles. The molecule has 4 rings (SSSR count). The monoisotopic (exact) mass is 443 g/mol. The third-order valence-corrected chi connectivity index (χ3v) is 4.58. The number of alkyl halides is 3. The number of aryl methyl sites for hydroxylation is 1. The Bertz CT molecular complexity index is 1360. The molecule has 12 heteroatoms.